The molecular weight excluding hydrogens is 256 g/mol. The Labute approximate surface area is 133 Å². The van der Waals surface area contributed by atoms with Crippen molar-refractivity contribution in [2.24, 2.45) is 23.2 Å². The van der Waals surface area contributed by atoms with Gasteiger partial charge in [-0.3, -0.25) is 0 Å². The molecule has 0 bridgehead atoms. The number of likely N-dealkylation sites (tertiary alicyclic amines) is 1. The van der Waals surface area contributed by atoms with Crippen LogP contribution in [0.2, 0.25) is 0 Å². The quantitative estimate of drug-likeness (QED) is 0.837. The third-order valence-electron chi connectivity index (χ3n) is 6.36. The molecule has 1 heterocycles. The van der Waals surface area contributed by atoms with Crippen molar-refractivity contribution in [3.8, 4) is 0 Å². The summed E-state index contributed by atoms with van der Waals surface area (Å²) in [5.41, 5.74) is 0.478. The van der Waals surface area contributed by atoms with E-state index in [0.717, 1.165) is 23.8 Å². The van der Waals surface area contributed by atoms with Crippen LogP contribution in [0.25, 0.3) is 0 Å². The smallest absolute Gasteiger partial charge is 0.0105 e. The van der Waals surface area contributed by atoms with E-state index in [2.05, 4.69) is 45.0 Å². The Morgan fingerprint density at radius 3 is 2.24 bits per heavy atom. The molecule has 3 unspecified atom stereocenters. The molecule has 0 aromatic carbocycles. The van der Waals surface area contributed by atoms with Crippen molar-refractivity contribution in [1.29, 1.82) is 0 Å². The zero-order valence-corrected chi connectivity index (χ0v) is 15.1. The van der Waals surface area contributed by atoms with Gasteiger partial charge in [0.05, 0.1) is 0 Å². The molecular formula is C19H38N2. The van der Waals surface area contributed by atoms with Crippen molar-refractivity contribution in [2.45, 2.75) is 72.3 Å². The summed E-state index contributed by atoms with van der Waals surface area (Å²) in [5.74, 6) is 2.75. The van der Waals surface area contributed by atoms with Crippen LogP contribution in [0.15, 0.2) is 0 Å². The van der Waals surface area contributed by atoms with Crippen molar-refractivity contribution in [1.82, 2.24) is 10.2 Å². The van der Waals surface area contributed by atoms with Crippen molar-refractivity contribution < 1.29 is 0 Å². The molecule has 1 saturated carbocycles. The molecule has 3 atom stereocenters. The molecule has 0 aromatic heterocycles. The predicted octanol–water partition coefficient (Wildman–Crippen LogP) is 4.16. The highest BCUT2D eigenvalue weighted by Gasteiger charge is 2.36. The van der Waals surface area contributed by atoms with E-state index in [-0.39, 0.29) is 0 Å². The summed E-state index contributed by atoms with van der Waals surface area (Å²) in [6.07, 6.45) is 8.43. The number of piperidine rings is 1. The SMILES string of the molecule is CCC1CCN(CC2CC(C(C)(C)C)CCC2NC)CC1. The molecule has 1 aliphatic heterocycles. The molecule has 1 aliphatic carbocycles. The second kappa shape index (κ2) is 7.46. The van der Waals surface area contributed by atoms with Gasteiger partial charge in [0, 0.05) is 12.6 Å². The topological polar surface area (TPSA) is 15.3 Å². The van der Waals surface area contributed by atoms with E-state index >= 15 is 0 Å². The van der Waals surface area contributed by atoms with Gasteiger partial charge in [0.1, 0.15) is 0 Å². The van der Waals surface area contributed by atoms with Crippen LogP contribution < -0.4 is 5.32 Å². The van der Waals surface area contributed by atoms with E-state index in [9.17, 15) is 0 Å². The number of nitrogens with one attached hydrogen (secondary N) is 1. The Balaban J connectivity index is 1.89. The Morgan fingerprint density at radius 2 is 1.71 bits per heavy atom. The van der Waals surface area contributed by atoms with Crippen LogP contribution in [-0.2, 0) is 0 Å². The molecule has 1 N–H and O–H groups in total. The first kappa shape index (κ1) is 17.3. The number of hydrogen-bond donors (Lipinski definition) is 1. The first-order valence-corrected chi connectivity index (χ1v) is 9.33. The van der Waals surface area contributed by atoms with Crippen molar-refractivity contribution >= 4 is 0 Å². The molecule has 2 fully saturated rings. The summed E-state index contributed by atoms with van der Waals surface area (Å²) in [4.78, 5) is 2.76. The summed E-state index contributed by atoms with van der Waals surface area (Å²) < 4.78 is 0. The fourth-order valence-corrected chi connectivity index (χ4v) is 4.54. The minimum absolute atomic E-state index is 0.478. The fourth-order valence-electron chi connectivity index (χ4n) is 4.54. The largest absolute Gasteiger partial charge is 0.317 e. The Hall–Kier alpha value is -0.0800. The van der Waals surface area contributed by atoms with Crippen LogP contribution in [0, 0.1) is 23.2 Å². The second-order valence-electron chi connectivity index (χ2n) is 8.68. The molecule has 2 rings (SSSR count). The van der Waals surface area contributed by atoms with Crippen LogP contribution in [-0.4, -0.2) is 37.6 Å². The lowest BCUT2D eigenvalue weighted by atomic mass is 9.67. The monoisotopic (exact) mass is 294 g/mol. The second-order valence-corrected chi connectivity index (χ2v) is 8.68. The van der Waals surface area contributed by atoms with Gasteiger partial charge in [-0.1, -0.05) is 34.1 Å². The lowest BCUT2D eigenvalue weighted by molar-refractivity contribution is 0.0767. The maximum Gasteiger partial charge on any atom is 0.0105 e. The first-order chi connectivity index (χ1) is 9.94. The van der Waals surface area contributed by atoms with Crippen molar-refractivity contribution in [3.63, 3.8) is 0 Å². The van der Waals surface area contributed by atoms with Crippen LogP contribution >= 0.6 is 0 Å². The Bertz CT molecular complexity index is 299. The van der Waals surface area contributed by atoms with Crippen LogP contribution in [0.5, 0.6) is 0 Å². The average Bonchev–Trinajstić information content (AvgIpc) is 2.47. The highest BCUT2D eigenvalue weighted by Crippen LogP contribution is 2.40. The third kappa shape index (κ3) is 4.69. The van der Waals surface area contributed by atoms with E-state index in [1.54, 1.807) is 0 Å². The molecule has 0 amide bonds. The van der Waals surface area contributed by atoms with Gasteiger partial charge in [-0.05, 0) is 75.4 Å². The van der Waals surface area contributed by atoms with E-state index in [0.29, 0.717) is 5.41 Å². The summed E-state index contributed by atoms with van der Waals surface area (Å²) in [6.45, 7) is 13.7. The van der Waals surface area contributed by atoms with Crippen molar-refractivity contribution in [3.05, 3.63) is 0 Å². The first-order valence-electron chi connectivity index (χ1n) is 9.33. The van der Waals surface area contributed by atoms with Crippen LogP contribution in [0.1, 0.15) is 66.2 Å². The van der Waals surface area contributed by atoms with E-state index < -0.39 is 0 Å². The molecule has 0 aromatic rings. The maximum absolute atomic E-state index is 3.61. The maximum atomic E-state index is 3.61. The van der Waals surface area contributed by atoms with E-state index in [1.165, 1.54) is 58.2 Å². The normalized spacial score (nSPS) is 33.3. The van der Waals surface area contributed by atoms with Gasteiger partial charge in [-0.2, -0.15) is 0 Å². The molecule has 0 radical (unpaired) electrons. The van der Waals surface area contributed by atoms with Gasteiger partial charge in [0.2, 0.25) is 0 Å². The zero-order chi connectivity index (χ0) is 15.5. The summed E-state index contributed by atoms with van der Waals surface area (Å²) in [5, 5.41) is 3.61. The number of nitrogens with zero attached hydrogens (tertiary/aromatic N) is 1. The van der Waals surface area contributed by atoms with Gasteiger partial charge in [-0.25, -0.2) is 0 Å². The lowest BCUT2D eigenvalue weighted by Gasteiger charge is -2.44. The van der Waals surface area contributed by atoms with E-state index in [4.69, 9.17) is 0 Å². The van der Waals surface area contributed by atoms with Gasteiger partial charge >= 0.3 is 0 Å². The van der Waals surface area contributed by atoms with Gasteiger partial charge in [0.25, 0.3) is 0 Å². The van der Waals surface area contributed by atoms with Crippen LogP contribution in [0.4, 0.5) is 0 Å². The summed E-state index contributed by atoms with van der Waals surface area (Å²) in [6, 6.07) is 0.743. The summed E-state index contributed by atoms with van der Waals surface area (Å²) >= 11 is 0. The van der Waals surface area contributed by atoms with Crippen molar-refractivity contribution in [2.75, 3.05) is 26.7 Å². The Kier molecular flexibility index (Phi) is 6.14. The Morgan fingerprint density at radius 1 is 1.05 bits per heavy atom. The van der Waals surface area contributed by atoms with Gasteiger partial charge in [-0.15, -0.1) is 0 Å². The molecule has 124 valence electrons. The minimum Gasteiger partial charge on any atom is -0.317 e. The van der Waals surface area contributed by atoms with Gasteiger partial charge in [0.15, 0.2) is 0 Å². The molecule has 0 spiro atoms. The lowest BCUT2D eigenvalue weighted by Crippen LogP contribution is -2.47. The minimum atomic E-state index is 0.478. The standard InChI is InChI=1S/C19H38N2/c1-6-15-9-11-21(12-10-15)14-16-13-17(19(2,3)4)7-8-18(16)20-5/h15-18,20H,6-14H2,1-5H3. The molecule has 2 aliphatic rings. The third-order valence-corrected chi connectivity index (χ3v) is 6.36. The molecule has 2 heteroatoms. The molecule has 2 nitrogen and oxygen atoms in total. The summed E-state index contributed by atoms with van der Waals surface area (Å²) in [7, 11) is 2.17. The highest BCUT2D eigenvalue weighted by molar-refractivity contribution is 4.90. The average molecular weight is 295 g/mol. The molecule has 1 saturated heterocycles. The van der Waals surface area contributed by atoms with Gasteiger partial charge < -0.3 is 10.2 Å². The van der Waals surface area contributed by atoms with E-state index in [1.807, 2.05) is 0 Å². The fraction of sp³-hybridized carbons (Fsp3) is 1.00. The highest BCUT2D eigenvalue weighted by atomic mass is 15.1. The van der Waals surface area contributed by atoms with Crippen LogP contribution in [0.3, 0.4) is 0 Å². The number of hydrogen-bond acceptors (Lipinski definition) is 2. The predicted molar refractivity (Wildman–Crippen MR) is 92.6 cm³/mol. The zero-order valence-electron chi connectivity index (χ0n) is 15.1. The molecule has 21 heavy (non-hydrogen) atoms. The number of rotatable bonds is 4.